The maximum atomic E-state index is 6.08. The van der Waals surface area contributed by atoms with Crippen LogP contribution in [0.3, 0.4) is 0 Å². The molecule has 1 aromatic rings. The molecule has 2 unspecified atom stereocenters. The van der Waals surface area contributed by atoms with E-state index in [1.807, 2.05) is 0 Å². The Labute approximate surface area is 85.3 Å². The zero-order valence-corrected chi connectivity index (χ0v) is 8.50. The van der Waals surface area contributed by atoms with Crippen LogP contribution in [0.25, 0.3) is 0 Å². The quantitative estimate of drug-likeness (QED) is 0.620. The molecule has 2 bridgehead atoms. The molecule has 2 N–H and O–H groups in total. The first-order valence-corrected chi connectivity index (χ1v) is 5.72. The molecule has 0 heterocycles. The first-order chi connectivity index (χ1) is 6.84. The molecular formula is C13H17N. The van der Waals surface area contributed by atoms with Crippen molar-refractivity contribution in [2.45, 2.75) is 38.0 Å². The molecule has 2 aliphatic carbocycles. The molecule has 74 valence electrons. The SMILES string of the molecule is Nc1cccc2c1C1CCCC(C2)C1. The average Bonchev–Trinajstić information content (AvgIpc) is 2.17. The minimum Gasteiger partial charge on any atom is -0.398 e. The van der Waals surface area contributed by atoms with Crippen molar-refractivity contribution < 1.29 is 0 Å². The highest BCUT2D eigenvalue weighted by atomic mass is 14.6. The topological polar surface area (TPSA) is 26.0 Å². The van der Waals surface area contributed by atoms with Gasteiger partial charge < -0.3 is 5.73 Å². The summed E-state index contributed by atoms with van der Waals surface area (Å²) in [4.78, 5) is 0. The van der Waals surface area contributed by atoms with Crippen molar-refractivity contribution in [2.24, 2.45) is 5.92 Å². The standard InChI is InChI=1S/C13H17N/c14-12-6-2-5-11-8-9-3-1-4-10(7-9)13(11)12/h2,5-6,9-10H,1,3-4,7-8,14H2. The molecular weight excluding hydrogens is 170 g/mol. The summed E-state index contributed by atoms with van der Waals surface area (Å²) in [5.41, 5.74) is 10.1. The summed E-state index contributed by atoms with van der Waals surface area (Å²) >= 11 is 0. The summed E-state index contributed by atoms with van der Waals surface area (Å²) in [5, 5.41) is 0. The second-order valence-electron chi connectivity index (χ2n) is 4.85. The van der Waals surface area contributed by atoms with Gasteiger partial charge in [-0.3, -0.25) is 0 Å². The molecule has 0 amide bonds. The number of fused-ring (bicyclic) bond motifs is 4. The average molecular weight is 187 g/mol. The molecule has 1 heteroatoms. The van der Waals surface area contributed by atoms with Crippen LogP contribution in [0, 0.1) is 5.92 Å². The van der Waals surface area contributed by atoms with Crippen LogP contribution in [0.15, 0.2) is 18.2 Å². The van der Waals surface area contributed by atoms with Crippen LogP contribution in [0.2, 0.25) is 0 Å². The summed E-state index contributed by atoms with van der Waals surface area (Å²) in [7, 11) is 0. The first-order valence-electron chi connectivity index (χ1n) is 5.72. The van der Waals surface area contributed by atoms with Gasteiger partial charge in [-0.2, -0.15) is 0 Å². The van der Waals surface area contributed by atoms with Gasteiger partial charge in [0.25, 0.3) is 0 Å². The van der Waals surface area contributed by atoms with Gasteiger partial charge in [0.15, 0.2) is 0 Å². The van der Waals surface area contributed by atoms with Crippen molar-refractivity contribution in [3.63, 3.8) is 0 Å². The van der Waals surface area contributed by atoms with E-state index in [1.165, 1.54) is 43.2 Å². The molecule has 2 atom stereocenters. The maximum Gasteiger partial charge on any atom is 0.0352 e. The van der Waals surface area contributed by atoms with Crippen molar-refractivity contribution in [2.75, 3.05) is 5.73 Å². The summed E-state index contributed by atoms with van der Waals surface area (Å²) in [6.07, 6.45) is 6.86. The minimum atomic E-state index is 0.777. The Morgan fingerprint density at radius 3 is 3.07 bits per heavy atom. The number of rotatable bonds is 0. The van der Waals surface area contributed by atoms with Crippen LogP contribution in [-0.2, 0) is 6.42 Å². The second-order valence-corrected chi connectivity index (χ2v) is 4.85. The van der Waals surface area contributed by atoms with E-state index in [1.54, 1.807) is 0 Å². The van der Waals surface area contributed by atoms with Crippen LogP contribution in [0.4, 0.5) is 5.69 Å². The van der Waals surface area contributed by atoms with Gasteiger partial charge in [0.2, 0.25) is 0 Å². The molecule has 0 saturated heterocycles. The second kappa shape index (κ2) is 3.01. The molecule has 1 aromatic carbocycles. The van der Waals surface area contributed by atoms with E-state index >= 15 is 0 Å². The van der Waals surface area contributed by atoms with Crippen LogP contribution in [-0.4, -0.2) is 0 Å². The lowest BCUT2D eigenvalue weighted by Gasteiger charge is -2.36. The van der Waals surface area contributed by atoms with Crippen molar-refractivity contribution in [3.8, 4) is 0 Å². The minimum absolute atomic E-state index is 0.777. The molecule has 0 aromatic heterocycles. The number of nitrogens with two attached hydrogens (primary N) is 1. The van der Waals surface area contributed by atoms with E-state index in [9.17, 15) is 0 Å². The van der Waals surface area contributed by atoms with Gasteiger partial charge in [-0.25, -0.2) is 0 Å². The fourth-order valence-corrected chi connectivity index (χ4v) is 3.36. The Bertz CT molecular complexity index is 356. The van der Waals surface area contributed by atoms with Crippen molar-refractivity contribution in [1.29, 1.82) is 0 Å². The number of hydrogen-bond acceptors (Lipinski definition) is 1. The maximum absolute atomic E-state index is 6.08. The molecule has 3 rings (SSSR count). The molecule has 1 fully saturated rings. The van der Waals surface area contributed by atoms with Gasteiger partial charge in [-0.05, 0) is 48.3 Å². The third-order valence-corrected chi connectivity index (χ3v) is 3.93. The smallest absolute Gasteiger partial charge is 0.0352 e. The molecule has 1 saturated carbocycles. The molecule has 2 aliphatic rings. The van der Waals surface area contributed by atoms with Gasteiger partial charge in [0, 0.05) is 5.69 Å². The monoisotopic (exact) mass is 187 g/mol. The van der Waals surface area contributed by atoms with Crippen molar-refractivity contribution >= 4 is 5.69 Å². The number of benzene rings is 1. The van der Waals surface area contributed by atoms with Crippen molar-refractivity contribution in [1.82, 2.24) is 0 Å². The molecule has 0 spiro atoms. The summed E-state index contributed by atoms with van der Waals surface area (Å²) in [5.74, 6) is 1.72. The largest absolute Gasteiger partial charge is 0.398 e. The predicted octanol–water partition coefficient (Wildman–Crippen LogP) is 3.10. The summed E-state index contributed by atoms with van der Waals surface area (Å²) < 4.78 is 0. The third kappa shape index (κ3) is 1.15. The zero-order valence-electron chi connectivity index (χ0n) is 8.50. The molecule has 0 aliphatic heterocycles. The van der Waals surface area contributed by atoms with E-state index < -0.39 is 0 Å². The normalized spacial score (nSPS) is 29.7. The van der Waals surface area contributed by atoms with E-state index in [0.29, 0.717) is 0 Å². The highest BCUT2D eigenvalue weighted by Gasteiger charge is 2.31. The van der Waals surface area contributed by atoms with Crippen LogP contribution in [0.5, 0.6) is 0 Å². The van der Waals surface area contributed by atoms with E-state index in [4.69, 9.17) is 5.73 Å². The lowest BCUT2D eigenvalue weighted by atomic mass is 9.69. The van der Waals surface area contributed by atoms with Crippen LogP contribution in [0.1, 0.15) is 42.7 Å². The predicted molar refractivity (Wildman–Crippen MR) is 59.3 cm³/mol. The summed E-state index contributed by atoms with van der Waals surface area (Å²) in [6.45, 7) is 0. The fourth-order valence-electron chi connectivity index (χ4n) is 3.36. The Morgan fingerprint density at radius 2 is 2.14 bits per heavy atom. The summed E-state index contributed by atoms with van der Waals surface area (Å²) in [6, 6.07) is 6.44. The Kier molecular flexibility index (Phi) is 1.79. The Morgan fingerprint density at radius 1 is 1.21 bits per heavy atom. The van der Waals surface area contributed by atoms with Gasteiger partial charge in [-0.15, -0.1) is 0 Å². The molecule has 1 nitrogen and oxygen atoms in total. The van der Waals surface area contributed by atoms with E-state index in [2.05, 4.69) is 18.2 Å². The highest BCUT2D eigenvalue weighted by molar-refractivity contribution is 5.54. The third-order valence-electron chi connectivity index (χ3n) is 3.93. The number of nitrogen functional groups attached to an aromatic ring is 1. The number of anilines is 1. The zero-order chi connectivity index (χ0) is 9.54. The van der Waals surface area contributed by atoms with Gasteiger partial charge >= 0.3 is 0 Å². The lowest BCUT2D eigenvalue weighted by molar-refractivity contribution is 0.299. The molecule has 0 radical (unpaired) electrons. The van der Waals surface area contributed by atoms with Crippen molar-refractivity contribution in [3.05, 3.63) is 29.3 Å². The van der Waals surface area contributed by atoms with Gasteiger partial charge in [0.1, 0.15) is 0 Å². The number of hydrogen-bond donors (Lipinski definition) is 1. The van der Waals surface area contributed by atoms with Crippen LogP contribution < -0.4 is 5.73 Å². The fraction of sp³-hybridized carbons (Fsp3) is 0.538. The van der Waals surface area contributed by atoms with E-state index in [0.717, 1.165) is 17.5 Å². The lowest BCUT2D eigenvalue weighted by Crippen LogP contribution is -2.24. The molecule has 14 heavy (non-hydrogen) atoms. The Balaban J connectivity index is 2.11. The van der Waals surface area contributed by atoms with Gasteiger partial charge in [0.05, 0.1) is 0 Å². The highest BCUT2D eigenvalue weighted by Crippen LogP contribution is 2.45. The van der Waals surface area contributed by atoms with Crippen LogP contribution >= 0.6 is 0 Å². The van der Waals surface area contributed by atoms with Gasteiger partial charge in [-0.1, -0.05) is 25.0 Å². The first kappa shape index (κ1) is 8.34. The van der Waals surface area contributed by atoms with E-state index in [-0.39, 0.29) is 0 Å². The Hall–Kier alpha value is -0.980.